The van der Waals surface area contributed by atoms with Crippen molar-refractivity contribution in [2.45, 2.75) is 32.2 Å². The second-order valence-corrected chi connectivity index (χ2v) is 7.03. The third kappa shape index (κ3) is 7.74. The van der Waals surface area contributed by atoms with Gasteiger partial charge in [0.1, 0.15) is 6.54 Å². The monoisotopic (exact) mass is 466 g/mol. The van der Waals surface area contributed by atoms with E-state index in [1.165, 1.54) is 42.6 Å². The van der Waals surface area contributed by atoms with Gasteiger partial charge in [0.25, 0.3) is 0 Å². The Morgan fingerprint density at radius 1 is 0.920 bits per heavy atom. The molecular weight excluding hydrogens is 440 g/mol. The number of nitrogens with zero attached hydrogens (tertiary/aromatic N) is 2. The Morgan fingerprint density at radius 3 is 2.32 bits per heavy atom. The van der Waals surface area contributed by atoms with E-state index < -0.39 is 0 Å². The predicted octanol–water partition coefficient (Wildman–Crippen LogP) is 2.17. The van der Waals surface area contributed by atoms with Gasteiger partial charge in [0.05, 0.1) is 0 Å². The zero-order valence-electron chi connectivity index (χ0n) is 15.2. The molecule has 0 saturated carbocycles. The third-order valence-electron chi connectivity index (χ3n) is 4.11. The number of benzene rings is 1. The van der Waals surface area contributed by atoms with Crippen LogP contribution in [0.4, 0.5) is 5.69 Å². The van der Waals surface area contributed by atoms with Gasteiger partial charge >= 0.3 is 0 Å². The first-order valence-electron chi connectivity index (χ1n) is 8.70. The van der Waals surface area contributed by atoms with Gasteiger partial charge < -0.3 is 21.9 Å². The summed E-state index contributed by atoms with van der Waals surface area (Å²) >= 11 is 3.50. The molecule has 2 aromatic rings. The average molecular weight is 468 g/mol. The molecule has 0 radical (unpaired) electrons. The van der Waals surface area contributed by atoms with Crippen LogP contribution in [-0.2, 0) is 6.54 Å². The molecule has 0 aliphatic heterocycles. The lowest BCUT2D eigenvalue weighted by molar-refractivity contribution is -0.699. The number of hydrogen-bond acceptors (Lipinski definition) is 1. The lowest BCUT2D eigenvalue weighted by Gasteiger charge is -2.11. The van der Waals surface area contributed by atoms with Crippen molar-refractivity contribution >= 4 is 33.8 Å². The SMILES string of the molecule is CN(C)c1ccc(/C=C/c2cccc[n+]2CCCCCCBr)cc1.[Br-]. The Labute approximate surface area is 171 Å². The molecule has 0 aliphatic rings. The smallest absolute Gasteiger partial charge is 0.205 e. The van der Waals surface area contributed by atoms with E-state index >= 15 is 0 Å². The summed E-state index contributed by atoms with van der Waals surface area (Å²) in [7, 11) is 4.13. The Bertz CT molecular complexity index is 637. The van der Waals surface area contributed by atoms with Crippen LogP contribution in [-0.4, -0.2) is 19.4 Å². The molecule has 0 fully saturated rings. The maximum atomic E-state index is 3.50. The van der Waals surface area contributed by atoms with Gasteiger partial charge in [-0.2, -0.15) is 4.57 Å². The fraction of sp³-hybridized carbons (Fsp3) is 0.381. The van der Waals surface area contributed by atoms with Crippen LogP contribution in [0.1, 0.15) is 36.9 Å². The number of aromatic nitrogens is 1. The molecule has 0 bridgehead atoms. The Morgan fingerprint density at radius 2 is 1.64 bits per heavy atom. The first-order chi connectivity index (χ1) is 11.7. The Hall–Kier alpha value is -1.13. The average Bonchev–Trinajstić information content (AvgIpc) is 2.61. The fourth-order valence-corrected chi connectivity index (χ4v) is 3.04. The number of halogens is 2. The molecular formula is C21H28Br2N2. The second kappa shape index (κ2) is 12.3. The van der Waals surface area contributed by atoms with Gasteiger partial charge in [-0.05, 0) is 42.7 Å². The van der Waals surface area contributed by atoms with Crippen molar-refractivity contribution in [3.63, 3.8) is 0 Å². The first-order valence-corrected chi connectivity index (χ1v) is 9.83. The van der Waals surface area contributed by atoms with Gasteiger partial charge in [-0.1, -0.05) is 34.5 Å². The topological polar surface area (TPSA) is 7.12 Å². The van der Waals surface area contributed by atoms with Crippen LogP contribution in [0.15, 0.2) is 48.7 Å². The molecule has 0 spiro atoms. The van der Waals surface area contributed by atoms with E-state index in [0.29, 0.717) is 0 Å². The molecule has 0 amide bonds. The summed E-state index contributed by atoms with van der Waals surface area (Å²) in [5.74, 6) is 0. The maximum Gasteiger partial charge on any atom is 0.205 e. The Balaban J connectivity index is 0.00000312. The summed E-state index contributed by atoms with van der Waals surface area (Å²) < 4.78 is 2.35. The molecule has 0 aliphatic carbocycles. The van der Waals surface area contributed by atoms with Crippen LogP contribution < -0.4 is 26.4 Å². The second-order valence-electron chi connectivity index (χ2n) is 6.24. The zero-order chi connectivity index (χ0) is 17.2. The molecule has 0 N–H and O–H groups in total. The van der Waals surface area contributed by atoms with Gasteiger partial charge in [0.15, 0.2) is 6.20 Å². The van der Waals surface area contributed by atoms with Crippen LogP contribution in [0.5, 0.6) is 0 Å². The van der Waals surface area contributed by atoms with Crippen molar-refractivity contribution in [3.05, 3.63) is 59.9 Å². The van der Waals surface area contributed by atoms with Crippen molar-refractivity contribution in [2.75, 3.05) is 24.3 Å². The van der Waals surface area contributed by atoms with Gasteiger partial charge in [0.2, 0.25) is 5.69 Å². The molecule has 1 aromatic carbocycles. The number of alkyl halides is 1. The largest absolute Gasteiger partial charge is 1.00 e. The van der Waals surface area contributed by atoms with Crippen LogP contribution in [0, 0.1) is 0 Å². The van der Waals surface area contributed by atoms with Crippen LogP contribution in [0.2, 0.25) is 0 Å². The van der Waals surface area contributed by atoms with E-state index in [4.69, 9.17) is 0 Å². The van der Waals surface area contributed by atoms with Gasteiger partial charge in [0, 0.05) is 49.7 Å². The van der Waals surface area contributed by atoms with E-state index in [1.807, 2.05) is 0 Å². The standard InChI is InChI=1S/C21H28BrN2.BrH/c1-23(2)20-13-10-19(11-14-20)12-15-21-9-5-8-18-24(21)17-7-4-3-6-16-22;/h5,8-15,18H,3-4,6-7,16-17H2,1-2H3;1H/q+1;/p-1. The lowest BCUT2D eigenvalue weighted by atomic mass is 10.1. The third-order valence-corrected chi connectivity index (χ3v) is 4.68. The van der Waals surface area contributed by atoms with Crippen molar-refractivity contribution < 1.29 is 21.5 Å². The van der Waals surface area contributed by atoms with Gasteiger partial charge in [-0.25, -0.2) is 0 Å². The molecule has 136 valence electrons. The molecule has 0 unspecified atom stereocenters. The predicted molar refractivity (Wildman–Crippen MR) is 109 cm³/mol. The number of hydrogen-bond donors (Lipinski definition) is 0. The van der Waals surface area contributed by atoms with E-state index in [0.717, 1.165) is 11.9 Å². The molecule has 1 heterocycles. The van der Waals surface area contributed by atoms with E-state index in [1.54, 1.807) is 0 Å². The number of rotatable bonds is 9. The van der Waals surface area contributed by atoms with E-state index in [9.17, 15) is 0 Å². The normalized spacial score (nSPS) is 10.7. The molecule has 4 heteroatoms. The molecule has 0 atom stereocenters. The highest BCUT2D eigenvalue weighted by molar-refractivity contribution is 9.09. The summed E-state index contributed by atoms with van der Waals surface area (Å²) in [4.78, 5) is 2.12. The molecule has 0 saturated heterocycles. The number of unbranched alkanes of at least 4 members (excludes halogenated alkanes) is 3. The lowest BCUT2D eigenvalue weighted by Crippen LogP contribution is -3.00. The maximum absolute atomic E-state index is 3.50. The van der Waals surface area contributed by atoms with Crippen LogP contribution in [0.3, 0.4) is 0 Å². The fourth-order valence-electron chi connectivity index (χ4n) is 2.64. The van der Waals surface area contributed by atoms with Gasteiger partial charge in [-0.3, -0.25) is 0 Å². The summed E-state index contributed by atoms with van der Waals surface area (Å²) in [5, 5.41) is 1.12. The highest BCUT2D eigenvalue weighted by Crippen LogP contribution is 2.14. The minimum Gasteiger partial charge on any atom is -1.00 e. The first kappa shape index (κ1) is 21.9. The van der Waals surface area contributed by atoms with Crippen LogP contribution >= 0.6 is 15.9 Å². The molecule has 2 nitrogen and oxygen atoms in total. The van der Waals surface area contributed by atoms with Crippen molar-refractivity contribution in [2.24, 2.45) is 0 Å². The summed E-state index contributed by atoms with van der Waals surface area (Å²) in [5.41, 5.74) is 3.72. The number of aryl methyl sites for hydroxylation is 1. The summed E-state index contributed by atoms with van der Waals surface area (Å²) in [6, 6.07) is 15.0. The quantitative estimate of drug-likeness (QED) is 0.311. The molecule has 1 aromatic heterocycles. The Kier molecular flexibility index (Phi) is 10.7. The van der Waals surface area contributed by atoms with E-state index in [2.05, 4.69) is 100 Å². The number of anilines is 1. The van der Waals surface area contributed by atoms with Crippen molar-refractivity contribution in [1.29, 1.82) is 0 Å². The summed E-state index contributed by atoms with van der Waals surface area (Å²) in [6.45, 7) is 1.09. The molecule has 25 heavy (non-hydrogen) atoms. The number of pyridine rings is 1. The minimum atomic E-state index is 0. The highest BCUT2D eigenvalue weighted by atomic mass is 79.9. The minimum absolute atomic E-state index is 0. The zero-order valence-corrected chi connectivity index (χ0v) is 18.3. The van der Waals surface area contributed by atoms with Crippen LogP contribution in [0.25, 0.3) is 12.2 Å². The van der Waals surface area contributed by atoms with Gasteiger partial charge in [-0.15, -0.1) is 0 Å². The summed E-state index contributed by atoms with van der Waals surface area (Å²) in [6.07, 6.45) is 11.7. The van der Waals surface area contributed by atoms with E-state index in [-0.39, 0.29) is 17.0 Å². The molecule has 2 rings (SSSR count). The van der Waals surface area contributed by atoms with Crippen molar-refractivity contribution in [1.82, 2.24) is 0 Å². The highest BCUT2D eigenvalue weighted by Gasteiger charge is 2.05. The van der Waals surface area contributed by atoms with Crippen molar-refractivity contribution in [3.8, 4) is 0 Å².